The van der Waals surface area contributed by atoms with E-state index in [2.05, 4.69) is 22.1 Å². The van der Waals surface area contributed by atoms with Gasteiger partial charge in [0.15, 0.2) is 0 Å². The van der Waals surface area contributed by atoms with Crippen LogP contribution in [-0.2, 0) is 24.3 Å². The van der Waals surface area contributed by atoms with Gasteiger partial charge < -0.3 is 15.2 Å². The molecule has 1 aliphatic heterocycles. The molecule has 1 aromatic rings. The van der Waals surface area contributed by atoms with Gasteiger partial charge in [0, 0.05) is 37.7 Å². The third kappa shape index (κ3) is 3.12. The van der Waals surface area contributed by atoms with Gasteiger partial charge in [-0.25, -0.2) is 4.98 Å². The first kappa shape index (κ1) is 14.6. The fourth-order valence-corrected chi connectivity index (χ4v) is 3.53. The van der Waals surface area contributed by atoms with E-state index in [4.69, 9.17) is 4.98 Å². The molecule has 1 aliphatic carbocycles. The maximum absolute atomic E-state index is 12.1. The van der Waals surface area contributed by atoms with E-state index in [0.717, 1.165) is 44.0 Å². The van der Waals surface area contributed by atoms with Gasteiger partial charge in [-0.2, -0.15) is 0 Å². The summed E-state index contributed by atoms with van der Waals surface area (Å²) in [4.78, 5) is 17.0. The van der Waals surface area contributed by atoms with Gasteiger partial charge in [0.1, 0.15) is 12.4 Å². The average molecular weight is 290 g/mol. The molecule has 1 fully saturated rings. The van der Waals surface area contributed by atoms with Crippen LogP contribution in [0.4, 0.5) is 0 Å². The van der Waals surface area contributed by atoms with E-state index >= 15 is 0 Å². The number of carbonyl (C=O) groups excluding carboxylic acids is 1. The summed E-state index contributed by atoms with van der Waals surface area (Å²) in [5.74, 6) is 1.83. The minimum Gasteiger partial charge on any atom is -0.355 e. The van der Waals surface area contributed by atoms with Crippen LogP contribution in [0.3, 0.4) is 0 Å². The number of imidazole rings is 1. The van der Waals surface area contributed by atoms with Crippen LogP contribution >= 0.6 is 0 Å². The molecule has 1 aromatic heterocycles. The number of hydrogen-bond donors (Lipinski definition) is 2. The summed E-state index contributed by atoms with van der Waals surface area (Å²) >= 11 is 0. The maximum atomic E-state index is 12.1. The highest BCUT2D eigenvalue weighted by molar-refractivity contribution is 5.75. The fraction of sp³-hybridized carbons (Fsp3) is 0.750. The van der Waals surface area contributed by atoms with Crippen LogP contribution < -0.4 is 10.6 Å². The number of nitrogens with zero attached hydrogens (tertiary/aromatic N) is 2. The molecule has 5 heteroatoms. The predicted molar refractivity (Wildman–Crippen MR) is 82.1 cm³/mol. The Morgan fingerprint density at radius 3 is 3.00 bits per heavy atom. The van der Waals surface area contributed by atoms with Gasteiger partial charge in [-0.3, -0.25) is 4.79 Å². The molecular weight excluding hydrogens is 264 g/mol. The lowest BCUT2D eigenvalue weighted by atomic mass is 10.1. The highest BCUT2D eigenvalue weighted by Gasteiger charge is 2.27. The van der Waals surface area contributed by atoms with E-state index in [1.54, 1.807) is 0 Å². The first-order valence-electron chi connectivity index (χ1n) is 8.35. The lowest BCUT2D eigenvalue weighted by Gasteiger charge is -2.17. The Morgan fingerprint density at radius 2 is 2.24 bits per heavy atom. The molecule has 0 aromatic carbocycles. The first-order valence-corrected chi connectivity index (χ1v) is 8.35. The molecule has 0 radical (unpaired) electrons. The van der Waals surface area contributed by atoms with Crippen molar-refractivity contribution in [2.24, 2.45) is 0 Å². The Balaban J connectivity index is 1.84. The standard InChI is InChI=1S/C16H26N4O/c1-2-8-18-15(21)11-20-14-7-9-17-10-13(14)19-16(20)12-5-3-4-6-12/h12,17H,2-11H2,1H3,(H,18,21). The second-order valence-electron chi connectivity index (χ2n) is 6.21. The van der Waals surface area contributed by atoms with Crippen LogP contribution in [0.2, 0.25) is 0 Å². The molecule has 1 saturated carbocycles. The number of hydrogen-bond acceptors (Lipinski definition) is 3. The van der Waals surface area contributed by atoms with Crippen LogP contribution in [0.15, 0.2) is 0 Å². The SMILES string of the molecule is CCCNC(=O)Cn1c(C2CCCC2)nc2c1CCNC2. The molecule has 0 saturated heterocycles. The number of nitrogens with one attached hydrogen (secondary N) is 2. The molecule has 2 aliphatic rings. The number of amides is 1. The minimum atomic E-state index is 0.120. The monoisotopic (exact) mass is 290 g/mol. The zero-order valence-corrected chi connectivity index (χ0v) is 13.0. The maximum Gasteiger partial charge on any atom is 0.239 e. The highest BCUT2D eigenvalue weighted by atomic mass is 16.1. The fourth-order valence-electron chi connectivity index (χ4n) is 3.53. The smallest absolute Gasteiger partial charge is 0.239 e. The van der Waals surface area contributed by atoms with E-state index in [1.807, 2.05) is 0 Å². The minimum absolute atomic E-state index is 0.120. The number of carbonyl (C=O) groups is 1. The number of fused-ring (bicyclic) bond motifs is 1. The summed E-state index contributed by atoms with van der Waals surface area (Å²) in [5.41, 5.74) is 2.44. The topological polar surface area (TPSA) is 59.0 Å². The largest absolute Gasteiger partial charge is 0.355 e. The molecule has 0 unspecified atom stereocenters. The molecule has 2 N–H and O–H groups in total. The lowest BCUT2D eigenvalue weighted by Crippen LogP contribution is -2.31. The molecule has 0 spiro atoms. The van der Waals surface area contributed by atoms with Crippen LogP contribution in [0, 0.1) is 0 Å². The zero-order valence-electron chi connectivity index (χ0n) is 13.0. The third-order valence-electron chi connectivity index (χ3n) is 4.61. The van der Waals surface area contributed by atoms with Gasteiger partial charge in [0.25, 0.3) is 0 Å². The van der Waals surface area contributed by atoms with Crippen molar-refractivity contribution in [2.75, 3.05) is 13.1 Å². The Kier molecular flexibility index (Phi) is 4.58. The van der Waals surface area contributed by atoms with Crippen LogP contribution in [-0.4, -0.2) is 28.5 Å². The first-order chi connectivity index (χ1) is 10.3. The van der Waals surface area contributed by atoms with E-state index in [9.17, 15) is 4.79 Å². The molecular formula is C16H26N4O. The lowest BCUT2D eigenvalue weighted by molar-refractivity contribution is -0.121. The zero-order chi connectivity index (χ0) is 14.7. The van der Waals surface area contributed by atoms with Crippen molar-refractivity contribution in [1.82, 2.24) is 20.2 Å². The quantitative estimate of drug-likeness (QED) is 0.868. The molecule has 5 nitrogen and oxygen atoms in total. The van der Waals surface area contributed by atoms with Crippen LogP contribution in [0.25, 0.3) is 0 Å². The van der Waals surface area contributed by atoms with Gasteiger partial charge in [0.2, 0.25) is 5.91 Å². The van der Waals surface area contributed by atoms with Gasteiger partial charge >= 0.3 is 0 Å². The van der Waals surface area contributed by atoms with Gasteiger partial charge in [-0.05, 0) is 19.3 Å². The second-order valence-corrected chi connectivity index (χ2v) is 6.21. The molecule has 0 bridgehead atoms. The Hall–Kier alpha value is -1.36. The van der Waals surface area contributed by atoms with E-state index < -0.39 is 0 Å². The normalized spacial score (nSPS) is 18.7. The van der Waals surface area contributed by atoms with Crippen molar-refractivity contribution >= 4 is 5.91 Å². The molecule has 0 atom stereocenters. The number of rotatable bonds is 5. The summed E-state index contributed by atoms with van der Waals surface area (Å²) < 4.78 is 2.22. The second kappa shape index (κ2) is 6.60. The van der Waals surface area contributed by atoms with Crippen molar-refractivity contribution in [3.05, 3.63) is 17.2 Å². The summed E-state index contributed by atoms with van der Waals surface area (Å²) in [7, 11) is 0. The molecule has 3 rings (SSSR count). The van der Waals surface area contributed by atoms with Crippen LogP contribution in [0.5, 0.6) is 0 Å². The number of aromatic nitrogens is 2. The highest BCUT2D eigenvalue weighted by Crippen LogP contribution is 2.35. The van der Waals surface area contributed by atoms with Gasteiger partial charge in [-0.1, -0.05) is 19.8 Å². The summed E-state index contributed by atoms with van der Waals surface area (Å²) in [6.07, 6.45) is 6.99. The Labute approximate surface area is 126 Å². The van der Waals surface area contributed by atoms with Crippen LogP contribution in [0.1, 0.15) is 62.2 Å². The van der Waals surface area contributed by atoms with Gasteiger partial charge in [-0.15, -0.1) is 0 Å². The van der Waals surface area contributed by atoms with Gasteiger partial charge in [0.05, 0.1) is 5.69 Å². The van der Waals surface area contributed by atoms with Crippen molar-refractivity contribution in [1.29, 1.82) is 0 Å². The molecule has 21 heavy (non-hydrogen) atoms. The Bertz CT molecular complexity index is 503. The van der Waals surface area contributed by atoms with E-state index in [-0.39, 0.29) is 5.91 Å². The summed E-state index contributed by atoms with van der Waals surface area (Å²) in [6.45, 7) is 5.11. The summed E-state index contributed by atoms with van der Waals surface area (Å²) in [5, 5.41) is 6.38. The average Bonchev–Trinajstić information content (AvgIpc) is 3.13. The summed E-state index contributed by atoms with van der Waals surface area (Å²) in [6, 6.07) is 0. The molecule has 116 valence electrons. The van der Waals surface area contributed by atoms with Crippen molar-refractivity contribution < 1.29 is 4.79 Å². The molecule has 2 heterocycles. The Morgan fingerprint density at radius 1 is 1.43 bits per heavy atom. The van der Waals surface area contributed by atoms with Crippen molar-refractivity contribution in [3.63, 3.8) is 0 Å². The predicted octanol–water partition coefficient (Wildman–Crippen LogP) is 1.71. The van der Waals surface area contributed by atoms with Crippen molar-refractivity contribution in [3.8, 4) is 0 Å². The van der Waals surface area contributed by atoms with Crippen molar-refractivity contribution in [2.45, 2.75) is 64.5 Å². The van der Waals surface area contributed by atoms with E-state index in [1.165, 1.54) is 31.4 Å². The van der Waals surface area contributed by atoms with E-state index in [0.29, 0.717) is 12.5 Å². The molecule has 1 amide bonds. The third-order valence-corrected chi connectivity index (χ3v) is 4.61.